The highest BCUT2D eigenvalue weighted by Gasteiger charge is 2.57. The molecule has 5 nitrogen and oxygen atoms in total. The second-order valence-corrected chi connectivity index (χ2v) is 8.58. The maximum atomic E-state index is 14.1. The van der Waals surface area contributed by atoms with Crippen LogP contribution in [0.2, 0.25) is 5.02 Å². The first kappa shape index (κ1) is 21.1. The number of urea groups is 1. The largest absolute Gasteiger partial charge is 0.327 e. The topological polar surface area (TPSA) is 43.9 Å². The van der Waals surface area contributed by atoms with E-state index in [0.717, 1.165) is 6.42 Å². The van der Waals surface area contributed by atoms with Crippen molar-refractivity contribution < 1.29 is 14.0 Å². The average molecular weight is 410 g/mol. The lowest BCUT2D eigenvalue weighted by Crippen LogP contribution is -2.56. The summed E-state index contributed by atoms with van der Waals surface area (Å²) >= 11 is 6.16. The Morgan fingerprint density at radius 3 is 2.46 bits per heavy atom. The summed E-state index contributed by atoms with van der Waals surface area (Å²) < 4.78 is 14.1. The predicted molar refractivity (Wildman–Crippen MR) is 108 cm³/mol. The van der Waals surface area contributed by atoms with Gasteiger partial charge in [0.15, 0.2) is 0 Å². The molecule has 0 atom stereocenters. The van der Waals surface area contributed by atoms with Crippen molar-refractivity contribution in [1.82, 2.24) is 14.7 Å². The van der Waals surface area contributed by atoms with Crippen molar-refractivity contribution in [3.05, 3.63) is 34.6 Å². The van der Waals surface area contributed by atoms with Crippen LogP contribution in [0.3, 0.4) is 0 Å². The molecular weight excluding hydrogens is 381 g/mol. The van der Waals surface area contributed by atoms with Crippen molar-refractivity contribution in [3.8, 4) is 0 Å². The van der Waals surface area contributed by atoms with E-state index < -0.39 is 5.54 Å². The Bertz CT molecular complexity index is 727. The maximum absolute atomic E-state index is 14.1. The van der Waals surface area contributed by atoms with Crippen LogP contribution >= 0.6 is 11.6 Å². The number of carbonyl (C=O) groups excluding carboxylic acids is 2. The molecule has 1 aromatic rings. The Morgan fingerprint density at radius 2 is 1.89 bits per heavy atom. The molecule has 0 radical (unpaired) electrons. The highest BCUT2D eigenvalue weighted by Crippen LogP contribution is 2.38. The molecule has 28 heavy (non-hydrogen) atoms. The third-order valence-corrected chi connectivity index (χ3v) is 6.35. The average Bonchev–Trinajstić information content (AvgIpc) is 2.84. The molecule has 0 aromatic heterocycles. The molecule has 1 aromatic carbocycles. The molecule has 154 valence electrons. The SMILES string of the molecule is CCN1C(=O)N(CCC(C)C)C2(CCN(Cc3c(F)cccc3Cl)CC2)C1=O. The number of hydrogen-bond acceptors (Lipinski definition) is 3. The Morgan fingerprint density at radius 1 is 1.21 bits per heavy atom. The van der Waals surface area contributed by atoms with E-state index in [0.29, 0.717) is 62.1 Å². The predicted octanol–water partition coefficient (Wildman–Crippen LogP) is 4.14. The Kier molecular flexibility index (Phi) is 6.30. The van der Waals surface area contributed by atoms with Gasteiger partial charge in [0.05, 0.1) is 0 Å². The number of halogens is 2. The summed E-state index contributed by atoms with van der Waals surface area (Å²) in [5.74, 6) is 0.0712. The highest BCUT2D eigenvalue weighted by atomic mass is 35.5. The van der Waals surface area contributed by atoms with Gasteiger partial charge in [-0.3, -0.25) is 14.6 Å². The van der Waals surface area contributed by atoms with Crippen LogP contribution in [-0.2, 0) is 11.3 Å². The van der Waals surface area contributed by atoms with Gasteiger partial charge >= 0.3 is 6.03 Å². The van der Waals surface area contributed by atoms with E-state index in [9.17, 15) is 14.0 Å². The first-order chi connectivity index (χ1) is 13.3. The summed E-state index contributed by atoms with van der Waals surface area (Å²) in [4.78, 5) is 31.3. The van der Waals surface area contributed by atoms with E-state index in [1.165, 1.54) is 11.0 Å². The summed E-state index contributed by atoms with van der Waals surface area (Å²) in [6.45, 7) is 8.72. The monoisotopic (exact) mass is 409 g/mol. The first-order valence-electron chi connectivity index (χ1n) is 10.1. The van der Waals surface area contributed by atoms with Gasteiger partial charge in [-0.15, -0.1) is 0 Å². The van der Waals surface area contributed by atoms with Gasteiger partial charge in [0.25, 0.3) is 5.91 Å². The number of hydrogen-bond donors (Lipinski definition) is 0. The number of nitrogens with zero attached hydrogens (tertiary/aromatic N) is 3. The number of imide groups is 1. The van der Waals surface area contributed by atoms with Crippen molar-refractivity contribution in [2.45, 2.75) is 52.1 Å². The van der Waals surface area contributed by atoms with Gasteiger partial charge in [-0.1, -0.05) is 31.5 Å². The Hall–Kier alpha value is -1.66. The van der Waals surface area contributed by atoms with Crippen LogP contribution < -0.4 is 0 Å². The van der Waals surface area contributed by atoms with Crippen LogP contribution in [0.1, 0.15) is 45.6 Å². The van der Waals surface area contributed by atoms with E-state index >= 15 is 0 Å². The molecule has 0 bridgehead atoms. The fourth-order valence-corrected chi connectivity index (χ4v) is 4.45. The summed E-state index contributed by atoms with van der Waals surface area (Å²) in [5, 5.41) is 0.420. The molecule has 2 aliphatic rings. The van der Waals surface area contributed by atoms with Gasteiger partial charge < -0.3 is 4.90 Å². The minimum absolute atomic E-state index is 0.0765. The third-order valence-electron chi connectivity index (χ3n) is 5.99. The van der Waals surface area contributed by atoms with Crippen molar-refractivity contribution >= 4 is 23.5 Å². The van der Waals surface area contributed by atoms with Gasteiger partial charge in [-0.2, -0.15) is 0 Å². The molecule has 0 N–H and O–H groups in total. The molecule has 1 spiro atoms. The highest BCUT2D eigenvalue weighted by molar-refractivity contribution is 6.31. The zero-order valence-corrected chi connectivity index (χ0v) is 17.6. The van der Waals surface area contributed by atoms with Crippen molar-refractivity contribution in [1.29, 1.82) is 0 Å². The zero-order chi connectivity index (χ0) is 20.5. The first-order valence-corrected chi connectivity index (χ1v) is 10.5. The standard InChI is InChI=1S/C21H29ClFN3O2/c1-4-25-19(27)21(26(20(25)28)11-8-15(2)3)9-12-24(13-10-21)14-16-17(22)6-5-7-18(16)23/h5-7,15H,4,8-14H2,1-3H3. The molecule has 0 unspecified atom stereocenters. The molecule has 7 heteroatoms. The number of piperidine rings is 1. The number of amides is 3. The zero-order valence-electron chi connectivity index (χ0n) is 16.9. The molecule has 2 fully saturated rings. The number of benzene rings is 1. The fourth-order valence-electron chi connectivity index (χ4n) is 4.23. The lowest BCUT2D eigenvalue weighted by Gasteiger charge is -2.42. The summed E-state index contributed by atoms with van der Waals surface area (Å²) in [5.41, 5.74) is -0.266. The van der Waals surface area contributed by atoms with E-state index in [1.807, 2.05) is 6.92 Å². The van der Waals surface area contributed by atoms with Crippen molar-refractivity contribution in [2.24, 2.45) is 5.92 Å². The minimum Gasteiger partial charge on any atom is -0.309 e. The number of likely N-dealkylation sites (N-methyl/N-ethyl adjacent to an activating group) is 1. The van der Waals surface area contributed by atoms with E-state index in [4.69, 9.17) is 11.6 Å². The van der Waals surface area contributed by atoms with Crippen LogP contribution in [0.15, 0.2) is 18.2 Å². The minimum atomic E-state index is -0.752. The van der Waals surface area contributed by atoms with Crippen molar-refractivity contribution in [2.75, 3.05) is 26.2 Å². The second-order valence-electron chi connectivity index (χ2n) is 8.17. The summed E-state index contributed by atoms with van der Waals surface area (Å²) in [7, 11) is 0. The third kappa shape index (κ3) is 3.77. The van der Waals surface area contributed by atoms with Gasteiger partial charge in [0, 0.05) is 43.3 Å². The van der Waals surface area contributed by atoms with Gasteiger partial charge in [0.2, 0.25) is 0 Å². The fraction of sp³-hybridized carbons (Fsp3) is 0.619. The molecule has 2 heterocycles. The number of rotatable bonds is 6. The molecule has 0 aliphatic carbocycles. The molecule has 2 aliphatic heterocycles. The van der Waals surface area contributed by atoms with Crippen LogP contribution in [-0.4, -0.2) is 58.4 Å². The lowest BCUT2D eigenvalue weighted by molar-refractivity contribution is -0.135. The Balaban J connectivity index is 1.75. The summed E-state index contributed by atoms with van der Waals surface area (Å²) in [6.07, 6.45) is 2.00. The number of carbonyl (C=O) groups is 2. The lowest BCUT2D eigenvalue weighted by atomic mass is 9.85. The normalized spacial score (nSPS) is 20.1. The number of likely N-dealkylation sites (tertiary alicyclic amines) is 1. The smallest absolute Gasteiger partial charge is 0.309 e. The Labute approximate surface area is 171 Å². The molecular formula is C21H29ClFN3O2. The van der Waals surface area contributed by atoms with Crippen LogP contribution in [0.5, 0.6) is 0 Å². The molecule has 3 rings (SSSR count). The van der Waals surface area contributed by atoms with E-state index in [1.54, 1.807) is 17.0 Å². The van der Waals surface area contributed by atoms with Crippen molar-refractivity contribution in [3.63, 3.8) is 0 Å². The van der Waals surface area contributed by atoms with Crippen LogP contribution in [0.4, 0.5) is 9.18 Å². The van der Waals surface area contributed by atoms with Gasteiger partial charge in [-0.25, -0.2) is 9.18 Å². The molecule has 3 amide bonds. The van der Waals surface area contributed by atoms with Crippen LogP contribution in [0.25, 0.3) is 0 Å². The van der Waals surface area contributed by atoms with E-state index in [-0.39, 0.29) is 17.8 Å². The summed E-state index contributed by atoms with van der Waals surface area (Å²) in [6, 6.07) is 4.54. The molecule has 2 saturated heterocycles. The van der Waals surface area contributed by atoms with Gasteiger partial charge in [-0.05, 0) is 44.2 Å². The van der Waals surface area contributed by atoms with E-state index in [2.05, 4.69) is 18.7 Å². The maximum Gasteiger partial charge on any atom is 0.327 e. The van der Waals surface area contributed by atoms with Gasteiger partial charge in [0.1, 0.15) is 11.4 Å². The van der Waals surface area contributed by atoms with Crippen LogP contribution in [0, 0.1) is 11.7 Å². The second kappa shape index (κ2) is 8.37. The quantitative estimate of drug-likeness (QED) is 0.663. The molecule has 0 saturated carbocycles.